The number of ether oxygens (including phenoxy) is 1. The molecular weight excluding hydrogens is 510 g/mol. The molecular formula is C25H23F4N5O4. The third-order valence-corrected chi connectivity index (χ3v) is 6.81. The number of aromatic nitrogens is 2. The first kappa shape index (κ1) is 25.5. The minimum Gasteiger partial charge on any atom is -0.494 e. The molecule has 2 aliphatic heterocycles. The summed E-state index contributed by atoms with van der Waals surface area (Å²) >= 11 is 0. The van der Waals surface area contributed by atoms with Crippen molar-refractivity contribution in [2.24, 2.45) is 11.7 Å². The lowest BCUT2D eigenvalue weighted by Gasteiger charge is -2.40. The van der Waals surface area contributed by atoms with E-state index in [1.807, 2.05) is 0 Å². The Morgan fingerprint density at radius 2 is 1.95 bits per heavy atom. The number of alkyl halides is 3. The number of benzene rings is 2. The van der Waals surface area contributed by atoms with Crippen LogP contribution >= 0.6 is 0 Å². The standard InChI is InChI=1S/C25H23F4N5O4/c1-38-20-8-14(2-5-18(20)26)21-16-6-7-33(24(30)37)22(16)23(36)34(31-21)19-9-15(32-10-13(11-32)12-35)3-4-17(19)25(27,28)29/h2-5,8-9,13,35H,6-7,10-12H2,1H3,(H2,30,37). The van der Waals surface area contributed by atoms with Crippen LogP contribution < -0.4 is 25.8 Å². The Kier molecular flexibility index (Phi) is 6.25. The molecule has 3 aromatic rings. The van der Waals surface area contributed by atoms with E-state index in [1.165, 1.54) is 31.4 Å². The van der Waals surface area contributed by atoms with E-state index in [-0.39, 0.29) is 48.2 Å². The lowest BCUT2D eigenvalue weighted by atomic mass is 9.99. The van der Waals surface area contributed by atoms with Gasteiger partial charge in [-0.3, -0.25) is 9.69 Å². The number of methoxy groups -OCH3 is 1. The van der Waals surface area contributed by atoms with Gasteiger partial charge in [-0.15, -0.1) is 0 Å². The van der Waals surface area contributed by atoms with Crippen LogP contribution in [0.1, 0.15) is 11.1 Å². The molecule has 200 valence electrons. The zero-order valence-corrected chi connectivity index (χ0v) is 20.1. The molecule has 2 aliphatic rings. The molecule has 0 atom stereocenters. The Hall–Kier alpha value is -4.13. The van der Waals surface area contributed by atoms with Crippen LogP contribution in [0.5, 0.6) is 5.75 Å². The van der Waals surface area contributed by atoms with Crippen LogP contribution in [0.4, 0.5) is 33.7 Å². The lowest BCUT2D eigenvalue weighted by molar-refractivity contribution is -0.137. The first-order chi connectivity index (χ1) is 18.0. The van der Waals surface area contributed by atoms with E-state index in [1.54, 1.807) is 4.90 Å². The molecule has 0 radical (unpaired) electrons. The minimum atomic E-state index is -4.83. The normalized spacial score (nSPS) is 15.4. The summed E-state index contributed by atoms with van der Waals surface area (Å²) in [4.78, 5) is 28.5. The SMILES string of the molecule is COc1cc(-c2nn(-c3cc(N4CC(CO)C4)ccc3C(F)(F)F)c(=O)c3c2CCN3C(N)=O)ccc1F. The molecule has 1 aromatic heterocycles. The third kappa shape index (κ3) is 4.22. The molecule has 13 heteroatoms. The maximum atomic E-state index is 14.1. The van der Waals surface area contributed by atoms with Crippen LogP contribution in [0.15, 0.2) is 41.2 Å². The summed E-state index contributed by atoms with van der Waals surface area (Å²) in [6, 6.07) is 6.21. The lowest BCUT2D eigenvalue weighted by Crippen LogP contribution is -2.48. The summed E-state index contributed by atoms with van der Waals surface area (Å²) < 4.78 is 62.1. The van der Waals surface area contributed by atoms with Gasteiger partial charge in [0.2, 0.25) is 0 Å². The van der Waals surface area contributed by atoms with Gasteiger partial charge in [-0.05, 0) is 42.8 Å². The fraction of sp³-hybridized carbons (Fsp3) is 0.320. The van der Waals surface area contributed by atoms with Gasteiger partial charge in [0, 0.05) is 49.0 Å². The molecule has 2 amide bonds. The Labute approximate surface area is 213 Å². The maximum Gasteiger partial charge on any atom is 0.418 e. The van der Waals surface area contributed by atoms with Gasteiger partial charge in [0.15, 0.2) is 11.6 Å². The van der Waals surface area contributed by atoms with Crippen molar-refractivity contribution < 1.29 is 32.2 Å². The average molecular weight is 533 g/mol. The van der Waals surface area contributed by atoms with Crippen molar-refractivity contribution in [3.05, 3.63) is 63.7 Å². The second-order valence-corrected chi connectivity index (χ2v) is 9.13. The van der Waals surface area contributed by atoms with E-state index in [2.05, 4.69) is 5.10 Å². The van der Waals surface area contributed by atoms with E-state index in [0.717, 1.165) is 17.0 Å². The molecule has 38 heavy (non-hydrogen) atoms. The number of primary amides is 1. The molecule has 1 saturated heterocycles. The van der Waals surface area contributed by atoms with Gasteiger partial charge in [0.25, 0.3) is 5.56 Å². The number of aliphatic hydroxyl groups is 1. The molecule has 2 aromatic carbocycles. The van der Waals surface area contributed by atoms with Crippen molar-refractivity contribution in [3.63, 3.8) is 0 Å². The van der Waals surface area contributed by atoms with Gasteiger partial charge in [-0.2, -0.15) is 23.0 Å². The van der Waals surface area contributed by atoms with Gasteiger partial charge in [-0.1, -0.05) is 0 Å². The number of nitrogens with two attached hydrogens (primary N) is 1. The zero-order chi connectivity index (χ0) is 27.4. The van der Waals surface area contributed by atoms with Crippen molar-refractivity contribution in [2.45, 2.75) is 12.6 Å². The van der Waals surface area contributed by atoms with Crippen LogP contribution in [-0.4, -0.2) is 54.3 Å². The number of urea groups is 1. The minimum absolute atomic E-state index is 0.00855. The van der Waals surface area contributed by atoms with E-state index in [4.69, 9.17) is 10.5 Å². The number of aliphatic hydroxyl groups excluding tert-OH is 1. The topological polar surface area (TPSA) is 114 Å². The molecule has 0 unspecified atom stereocenters. The summed E-state index contributed by atoms with van der Waals surface area (Å²) in [5.74, 6) is -0.803. The van der Waals surface area contributed by atoms with Crippen molar-refractivity contribution in [2.75, 3.05) is 43.2 Å². The van der Waals surface area contributed by atoms with E-state index >= 15 is 0 Å². The van der Waals surface area contributed by atoms with Crippen LogP contribution in [0.25, 0.3) is 16.9 Å². The number of carbonyl (C=O) groups excluding carboxylic acids is 1. The van der Waals surface area contributed by atoms with Crippen molar-refractivity contribution in [3.8, 4) is 22.7 Å². The Balaban J connectivity index is 1.77. The number of rotatable bonds is 5. The number of nitrogens with zero attached hydrogens (tertiary/aromatic N) is 4. The Morgan fingerprint density at radius 1 is 1.21 bits per heavy atom. The van der Waals surface area contributed by atoms with Crippen LogP contribution in [0.2, 0.25) is 0 Å². The van der Waals surface area contributed by atoms with Crippen molar-refractivity contribution in [1.29, 1.82) is 0 Å². The van der Waals surface area contributed by atoms with Crippen LogP contribution in [-0.2, 0) is 12.6 Å². The second kappa shape index (κ2) is 9.31. The van der Waals surface area contributed by atoms with Crippen LogP contribution in [0.3, 0.4) is 0 Å². The molecule has 0 saturated carbocycles. The summed E-state index contributed by atoms with van der Waals surface area (Å²) in [5.41, 5.74) is 3.77. The van der Waals surface area contributed by atoms with Crippen molar-refractivity contribution >= 4 is 17.4 Å². The summed E-state index contributed by atoms with van der Waals surface area (Å²) in [5, 5.41) is 13.6. The summed E-state index contributed by atoms with van der Waals surface area (Å²) in [6.45, 7) is 0.844. The highest BCUT2D eigenvalue weighted by molar-refractivity contribution is 5.94. The molecule has 0 spiro atoms. The zero-order valence-electron chi connectivity index (χ0n) is 20.1. The number of fused-ring (bicyclic) bond motifs is 1. The summed E-state index contributed by atoms with van der Waals surface area (Å²) in [6.07, 6.45) is -4.67. The largest absolute Gasteiger partial charge is 0.494 e. The second-order valence-electron chi connectivity index (χ2n) is 9.13. The molecule has 0 aliphatic carbocycles. The molecule has 3 heterocycles. The molecule has 3 N–H and O–H groups in total. The quantitative estimate of drug-likeness (QED) is 0.488. The van der Waals surface area contributed by atoms with E-state index in [0.29, 0.717) is 29.0 Å². The predicted octanol–water partition coefficient (Wildman–Crippen LogP) is 2.94. The van der Waals surface area contributed by atoms with Gasteiger partial charge in [0.05, 0.1) is 24.1 Å². The number of carbonyl (C=O) groups is 1. The number of halogens is 4. The predicted molar refractivity (Wildman–Crippen MR) is 130 cm³/mol. The highest BCUT2D eigenvalue weighted by atomic mass is 19.4. The van der Waals surface area contributed by atoms with Gasteiger partial charge in [-0.25, -0.2) is 9.18 Å². The smallest absolute Gasteiger partial charge is 0.418 e. The highest BCUT2D eigenvalue weighted by Crippen LogP contribution is 2.39. The maximum absolute atomic E-state index is 14.1. The van der Waals surface area contributed by atoms with Gasteiger partial charge >= 0.3 is 12.2 Å². The third-order valence-electron chi connectivity index (χ3n) is 6.81. The highest BCUT2D eigenvalue weighted by Gasteiger charge is 2.38. The monoisotopic (exact) mass is 533 g/mol. The Bertz CT molecular complexity index is 1480. The van der Waals surface area contributed by atoms with E-state index < -0.39 is 34.8 Å². The first-order valence-corrected chi connectivity index (χ1v) is 11.7. The Morgan fingerprint density at radius 3 is 2.58 bits per heavy atom. The van der Waals surface area contributed by atoms with Gasteiger partial charge < -0.3 is 20.5 Å². The fourth-order valence-electron chi connectivity index (χ4n) is 4.85. The van der Waals surface area contributed by atoms with Gasteiger partial charge in [0.1, 0.15) is 5.69 Å². The van der Waals surface area contributed by atoms with Crippen molar-refractivity contribution in [1.82, 2.24) is 9.78 Å². The number of hydrogen-bond donors (Lipinski definition) is 2. The number of hydrogen-bond acceptors (Lipinski definition) is 6. The molecule has 1 fully saturated rings. The molecule has 9 nitrogen and oxygen atoms in total. The number of anilines is 2. The molecule has 0 bridgehead atoms. The number of amides is 2. The fourth-order valence-corrected chi connectivity index (χ4v) is 4.85. The first-order valence-electron chi connectivity index (χ1n) is 11.7. The van der Waals surface area contributed by atoms with E-state index in [9.17, 15) is 32.3 Å². The molecule has 5 rings (SSSR count). The summed E-state index contributed by atoms with van der Waals surface area (Å²) in [7, 11) is 1.26. The van der Waals surface area contributed by atoms with Crippen LogP contribution in [0, 0.1) is 11.7 Å². The average Bonchev–Trinajstić information content (AvgIpc) is 3.30.